The predicted molar refractivity (Wildman–Crippen MR) is 73.3 cm³/mol. The molecular weight excluding hydrogens is 247 g/mol. The molecule has 3 aromatic rings. The highest BCUT2D eigenvalue weighted by atomic mass is 32.1. The van der Waals surface area contributed by atoms with Gasteiger partial charge in [-0.1, -0.05) is 18.2 Å². The van der Waals surface area contributed by atoms with Crippen LogP contribution in [0.3, 0.4) is 0 Å². The summed E-state index contributed by atoms with van der Waals surface area (Å²) in [5, 5.41) is 6.30. The number of nitrogens with one attached hydrogen (secondary N) is 1. The van der Waals surface area contributed by atoms with Gasteiger partial charge in [-0.2, -0.15) is 0 Å². The molecule has 0 spiro atoms. The van der Waals surface area contributed by atoms with Gasteiger partial charge in [0.15, 0.2) is 0 Å². The molecule has 0 radical (unpaired) electrons. The van der Waals surface area contributed by atoms with Gasteiger partial charge in [-0.25, -0.2) is 9.37 Å². The number of rotatable bonds is 3. The van der Waals surface area contributed by atoms with E-state index in [9.17, 15) is 4.39 Å². The van der Waals surface area contributed by atoms with Crippen LogP contribution in [0.5, 0.6) is 0 Å². The van der Waals surface area contributed by atoms with Crippen LogP contribution in [0.2, 0.25) is 0 Å². The number of anilines is 1. The van der Waals surface area contributed by atoms with Crippen molar-refractivity contribution in [2.75, 3.05) is 5.32 Å². The zero-order valence-electron chi connectivity index (χ0n) is 9.56. The fourth-order valence-corrected chi connectivity index (χ4v) is 2.64. The number of benzene rings is 1. The topological polar surface area (TPSA) is 24.9 Å². The average molecular weight is 258 g/mol. The number of thiophene rings is 1. The molecule has 0 unspecified atom stereocenters. The molecule has 0 amide bonds. The molecule has 1 aromatic carbocycles. The molecule has 2 aromatic heterocycles. The predicted octanol–water partition coefficient (Wildman–Crippen LogP) is 4.05. The number of nitrogens with zero attached hydrogens (tertiary/aromatic N) is 1. The standard InChI is InChI=1S/C14H11FN2S/c15-12-4-2-1-3-10(12)9-17-14-11-6-8-18-13(11)5-7-16-14/h1-8H,9H2,(H,16,17). The molecule has 4 heteroatoms. The van der Waals surface area contributed by atoms with Gasteiger partial charge in [-0.3, -0.25) is 0 Å². The molecule has 2 nitrogen and oxygen atoms in total. The number of hydrogen-bond acceptors (Lipinski definition) is 3. The number of pyridine rings is 1. The van der Waals surface area contributed by atoms with E-state index in [1.54, 1.807) is 29.7 Å². The third-order valence-corrected chi connectivity index (χ3v) is 3.67. The van der Waals surface area contributed by atoms with Crippen molar-refractivity contribution in [3.05, 3.63) is 59.4 Å². The summed E-state index contributed by atoms with van der Waals surface area (Å²) in [5.74, 6) is 0.611. The first kappa shape index (κ1) is 11.2. The summed E-state index contributed by atoms with van der Waals surface area (Å²) in [6.45, 7) is 0.439. The van der Waals surface area contributed by atoms with E-state index in [4.69, 9.17) is 0 Å². The van der Waals surface area contributed by atoms with Crippen LogP contribution in [-0.2, 0) is 6.54 Å². The van der Waals surface area contributed by atoms with Crippen LogP contribution in [0.1, 0.15) is 5.56 Å². The first-order valence-electron chi connectivity index (χ1n) is 5.64. The molecule has 0 saturated heterocycles. The van der Waals surface area contributed by atoms with Gasteiger partial charge >= 0.3 is 0 Å². The summed E-state index contributed by atoms with van der Waals surface area (Å²) in [6, 6.07) is 10.8. The summed E-state index contributed by atoms with van der Waals surface area (Å²) >= 11 is 1.67. The van der Waals surface area contributed by atoms with Crippen molar-refractivity contribution in [2.45, 2.75) is 6.54 Å². The van der Waals surface area contributed by atoms with Gasteiger partial charge in [0, 0.05) is 28.4 Å². The summed E-state index contributed by atoms with van der Waals surface area (Å²) in [4.78, 5) is 4.30. The zero-order chi connectivity index (χ0) is 12.4. The minimum Gasteiger partial charge on any atom is -0.365 e. The Bertz CT molecular complexity index is 678. The van der Waals surface area contributed by atoms with E-state index in [0.29, 0.717) is 12.1 Å². The number of aromatic nitrogens is 1. The maximum Gasteiger partial charge on any atom is 0.134 e. The average Bonchev–Trinajstić information content (AvgIpc) is 2.86. The second-order valence-electron chi connectivity index (χ2n) is 3.94. The van der Waals surface area contributed by atoms with E-state index in [1.165, 1.54) is 10.8 Å². The molecule has 0 fully saturated rings. The van der Waals surface area contributed by atoms with Gasteiger partial charge in [0.25, 0.3) is 0 Å². The third kappa shape index (κ3) is 2.07. The van der Waals surface area contributed by atoms with Crippen molar-refractivity contribution in [1.29, 1.82) is 0 Å². The van der Waals surface area contributed by atoms with Gasteiger partial charge in [-0.05, 0) is 23.6 Å². The maximum atomic E-state index is 13.5. The summed E-state index contributed by atoms with van der Waals surface area (Å²) in [6.07, 6.45) is 1.77. The smallest absolute Gasteiger partial charge is 0.134 e. The Kier molecular flexibility index (Phi) is 2.94. The van der Waals surface area contributed by atoms with Gasteiger partial charge < -0.3 is 5.32 Å². The molecule has 18 heavy (non-hydrogen) atoms. The van der Waals surface area contributed by atoms with Crippen molar-refractivity contribution >= 4 is 27.2 Å². The minimum absolute atomic E-state index is 0.192. The van der Waals surface area contributed by atoms with Crippen LogP contribution in [0.25, 0.3) is 10.1 Å². The first-order chi connectivity index (χ1) is 8.84. The quantitative estimate of drug-likeness (QED) is 0.766. The van der Waals surface area contributed by atoms with E-state index in [2.05, 4.69) is 10.3 Å². The Morgan fingerprint density at radius 1 is 1.17 bits per heavy atom. The molecule has 2 heterocycles. The van der Waals surface area contributed by atoms with Crippen LogP contribution in [0.15, 0.2) is 48.0 Å². The Morgan fingerprint density at radius 2 is 2.06 bits per heavy atom. The van der Waals surface area contributed by atoms with E-state index in [0.717, 1.165) is 11.2 Å². The van der Waals surface area contributed by atoms with Crippen molar-refractivity contribution in [3.8, 4) is 0 Å². The molecule has 1 N–H and O–H groups in total. The molecule has 0 atom stereocenters. The Labute approximate surface area is 108 Å². The fourth-order valence-electron chi connectivity index (χ4n) is 1.86. The zero-order valence-corrected chi connectivity index (χ0v) is 10.4. The molecule has 0 aliphatic rings. The summed E-state index contributed by atoms with van der Waals surface area (Å²) < 4.78 is 14.7. The van der Waals surface area contributed by atoms with Gasteiger partial charge in [0.2, 0.25) is 0 Å². The molecule has 0 aliphatic carbocycles. The molecule has 3 rings (SSSR count). The Balaban J connectivity index is 1.85. The van der Waals surface area contributed by atoms with Gasteiger partial charge in [0.05, 0.1) is 0 Å². The maximum absolute atomic E-state index is 13.5. The summed E-state index contributed by atoms with van der Waals surface area (Å²) in [5.41, 5.74) is 0.645. The van der Waals surface area contributed by atoms with E-state index in [1.807, 2.05) is 23.6 Å². The molecule has 0 bridgehead atoms. The lowest BCUT2D eigenvalue weighted by atomic mass is 10.2. The van der Waals surface area contributed by atoms with E-state index >= 15 is 0 Å². The Hall–Kier alpha value is -1.94. The van der Waals surface area contributed by atoms with E-state index in [-0.39, 0.29) is 5.82 Å². The van der Waals surface area contributed by atoms with Crippen LogP contribution in [0.4, 0.5) is 10.2 Å². The molecule has 0 aliphatic heterocycles. The number of fused-ring (bicyclic) bond motifs is 1. The SMILES string of the molecule is Fc1ccccc1CNc1nccc2sccc12. The van der Waals surface area contributed by atoms with Crippen molar-refractivity contribution in [2.24, 2.45) is 0 Å². The number of hydrogen-bond donors (Lipinski definition) is 1. The lowest BCUT2D eigenvalue weighted by Crippen LogP contribution is -2.03. The molecular formula is C14H11FN2S. The summed E-state index contributed by atoms with van der Waals surface area (Å²) in [7, 11) is 0. The largest absolute Gasteiger partial charge is 0.365 e. The monoisotopic (exact) mass is 258 g/mol. The van der Waals surface area contributed by atoms with Crippen LogP contribution < -0.4 is 5.32 Å². The van der Waals surface area contributed by atoms with Crippen LogP contribution in [-0.4, -0.2) is 4.98 Å². The lowest BCUT2D eigenvalue weighted by Gasteiger charge is -2.07. The van der Waals surface area contributed by atoms with Gasteiger partial charge in [-0.15, -0.1) is 11.3 Å². The normalized spacial score (nSPS) is 10.7. The lowest BCUT2D eigenvalue weighted by molar-refractivity contribution is 0.613. The highest BCUT2D eigenvalue weighted by Gasteiger charge is 2.04. The van der Waals surface area contributed by atoms with E-state index < -0.39 is 0 Å². The molecule has 90 valence electrons. The van der Waals surface area contributed by atoms with Crippen molar-refractivity contribution in [1.82, 2.24) is 4.98 Å². The second kappa shape index (κ2) is 4.74. The van der Waals surface area contributed by atoms with Gasteiger partial charge in [0.1, 0.15) is 11.6 Å². The van der Waals surface area contributed by atoms with Crippen molar-refractivity contribution in [3.63, 3.8) is 0 Å². The Morgan fingerprint density at radius 3 is 2.94 bits per heavy atom. The van der Waals surface area contributed by atoms with Crippen molar-refractivity contribution < 1.29 is 4.39 Å². The number of halogens is 1. The second-order valence-corrected chi connectivity index (χ2v) is 4.88. The van der Waals surface area contributed by atoms with Crippen LogP contribution >= 0.6 is 11.3 Å². The fraction of sp³-hybridized carbons (Fsp3) is 0.0714. The highest BCUT2D eigenvalue weighted by molar-refractivity contribution is 7.17. The first-order valence-corrected chi connectivity index (χ1v) is 6.52. The van der Waals surface area contributed by atoms with Crippen LogP contribution in [0, 0.1) is 5.82 Å². The highest BCUT2D eigenvalue weighted by Crippen LogP contribution is 2.26. The molecule has 0 saturated carbocycles. The minimum atomic E-state index is -0.192. The third-order valence-electron chi connectivity index (χ3n) is 2.78.